The zero-order valence-corrected chi connectivity index (χ0v) is 11.7. The summed E-state index contributed by atoms with van der Waals surface area (Å²) in [6, 6.07) is 6.47. The highest BCUT2D eigenvalue weighted by Gasteiger charge is 2.14. The van der Waals surface area contributed by atoms with Gasteiger partial charge in [0, 0.05) is 29.7 Å². The van der Waals surface area contributed by atoms with Crippen LogP contribution in [0.1, 0.15) is 5.56 Å². The van der Waals surface area contributed by atoms with E-state index in [4.69, 9.17) is 10.5 Å². The van der Waals surface area contributed by atoms with Gasteiger partial charge in [-0.15, -0.1) is 11.3 Å². The summed E-state index contributed by atoms with van der Waals surface area (Å²) in [5.41, 5.74) is 10.3. The summed E-state index contributed by atoms with van der Waals surface area (Å²) in [6.45, 7) is 5.69. The van der Waals surface area contributed by atoms with Crippen molar-refractivity contribution in [1.82, 2.24) is 4.98 Å². The first-order valence-corrected chi connectivity index (χ1v) is 7.27. The highest BCUT2D eigenvalue weighted by Crippen LogP contribution is 2.28. The lowest BCUT2D eigenvalue weighted by atomic mass is 10.1. The Morgan fingerprint density at radius 2 is 2.11 bits per heavy atom. The van der Waals surface area contributed by atoms with Crippen molar-refractivity contribution in [2.45, 2.75) is 6.92 Å². The average Bonchev–Trinajstić information content (AvgIpc) is 2.86. The Hall–Kier alpha value is -1.59. The number of benzene rings is 1. The summed E-state index contributed by atoms with van der Waals surface area (Å²) < 4.78 is 5.39. The van der Waals surface area contributed by atoms with Crippen molar-refractivity contribution in [2.75, 3.05) is 36.9 Å². The predicted molar refractivity (Wildman–Crippen MR) is 79.7 cm³/mol. The van der Waals surface area contributed by atoms with Crippen molar-refractivity contribution in [3.05, 3.63) is 29.1 Å². The molecule has 3 rings (SSSR count). The number of aryl methyl sites for hydroxylation is 1. The number of aromatic nitrogens is 1. The van der Waals surface area contributed by atoms with Crippen molar-refractivity contribution in [2.24, 2.45) is 0 Å². The van der Waals surface area contributed by atoms with Gasteiger partial charge in [-0.2, -0.15) is 0 Å². The van der Waals surface area contributed by atoms with Crippen LogP contribution in [-0.2, 0) is 4.74 Å². The number of morpholine rings is 1. The van der Waals surface area contributed by atoms with E-state index in [1.165, 1.54) is 22.6 Å². The second-order valence-corrected chi connectivity index (χ2v) is 5.56. The molecule has 19 heavy (non-hydrogen) atoms. The van der Waals surface area contributed by atoms with Gasteiger partial charge in [0.25, 0.3) is 0 Å². The van der Waals surface area contributed by atoms with Gasteiger partial charge in [0.05, 0.1) is 18.9 Å². The molecule has 0 spiro atoms. The second-order valence-electron chi connectivity index (χ2n) is 4.67. The molecular formula is C14H17N3OS. The van der Waals surface area contributed by atoms with Crippen LogP contribution in [0.25, 0.3) is 11.3 Å². The number of nitrogens with zero attached hydrogens (tertiary/aromatic N) is 2. The van der Waals surface area contributed by atoms with Gasteiger partial charge in [0.15, 0.2) is 5.13 Å². The van der Waals surface area contributed by atoms with Gasteiger partial charge in [-0.3, -0.25) is 0 Å². The largest absolute Gasteiger partial charge is 0.378 e. The molecule has 1 saturated heterocycles. The molecular weight excluding hydrogens is 258 g/mol. The number of hydrogen-bond acceptors (Lipinski definition) is 5. The van der Waals surface area contributed by atoms with Crippen LogP contribution in [0, 0.1) is 6.92 Å². The van der Waals surface area contributed by atoms with E-state index in [2.05, 4.69) is 35.0 Å². The quantitative estimate of drug-likeness (QED) is 0.915. The van der Waals surface area contributed by atoms with E-state index < -0.39 is 0 Å². The number of anilines is 2. The number of ether oxygens (including phenoxy) is 1. The van der Waals surface area contributed by atoms with Gasteiger partial charge in [0.2, 0.25) is 0 Å². The van der Waals surface area contributed by atoms with Crippen LogP contribution >= 0.6 is 11.3 Å². The molecule has 5 heteroatoms. The summed E-state index contributed by atoms with van der Waals surface area (Å²) in [5.74, 6) is 0. The van der Waals surface area contributed by atoms with Crippen molar-refractivity contribution in [3.8, 4) is 11.3 Å². The van der Waals surface area contributed by atoms with Gasteiger partial charge in [-0.25, -0.2) is 4.98 Å². The number of thiazole rings is 1. The lowest BCUT2D eigenvalue weighted by Gasteiger charge is -2.30. The van der Waals surface area contributed by atoms with Crippen LogP contribution in [0.15, 0.2) is 23.6 Å². The Labute approximate surface area is 116 Å². The summed E-state index contributed by atoms with van der Waals surface area (Å²) >= 11 is 1.48. The fraction of sp³-hybridized carbons (Fsp3) is 0.357. The molecule has 0 radical (unpaired) electrons. The number of hydrogen-bond donors (Lipinski definition) is 1. The molecule has 2 heterocycles. The van der Waals surface area contributed by atoms with E-state index in [9.17, 15) is 0 Å². The number of rotatable bonds is 2. The molecule has 0 aliphatic carbocycles. The van der Waals surface area contributed by atoms with E-state index in [1.54, 1.807) is 0 Å². The maximum atomic E-state index is 5.69. The molecule has 1 aliphatic heterocycles. The second kappa shape index (κ2) is 5.19. The van der Waals surface area contributed by atoms with Gasteiger partial charge < -0.3 is 15.4 Å². The zero-order chi connectivity index (χ0) is 13.2. The van der Waals surface area contributed by atoms with E-state index in [1.807, 2.05) is 5.38 Å². The Morgan fingerprint density at radius 3 is 2.74 bits per heavy atom. The molecule has 1 aromatic heterocycles. The molecule has 1 aromatic carbocycles. The molecule has 0 unspecified atom stereocenters. The summed E-state index contributed by atoms with van der Waals surface area (Å²) in [6.07, 6.45) is 0. The molecule has 1 fully saturated rings. The first-order valence-electron chi connectivity index (χ1n) is 6.39. The maximum Gasteiger partial charge on any atom is 0.180 e. The van der Waals surface area contributed by atoms with Crippen LogP contribution in [0.4, 0.5) is 10.8 Å². The van der Waals surface area contributed by atoms with Crippen LogP contribution in [0.5, 0.6) is 0 Å². The van der Waals surface area contributed by atoms with Gasteiger partial charge in [-0.1, -0.05) is 6.07 Å². The zero-order valence-electron chi connectivity index (χ0n) is 10.9. The molecule has 100 valence electrons. The molecule has 2 N–H and O–H groups in total. The van der Waals surface area contributed by atoms with Crippen LogP contribution in [0.2, 0.25) is 0 Å². The van der Waals surface area contributed by atoms with E-state index in [0.717, 1.165) is 37.6 Å². The van der Waals surface area contributed by atoms with Gasteiger partial charge in [-0.05, 0) is 24.6 Å². The van der Waals surface area contributed by atoms with Crippen molar-refractivity contribution >= 4 is 22.2 Å². The summed E-state index contributed by atoms with van der Waals surface area (Å²) in [7, 11) is 0. The molecule has 0 amide bonds. The fourth-order valence-corrected chi connectivity index (χ4v) is 2.97. The maximum absolute atomic E-state index is 5.69. The van der Waals surface area contributed by atoms with Gasteiger partial charge >= 0.3 is 0 Å². The fourth-order valence-electron chi connectivity index (χ4n) is 2.39. The molecule has 2 aromatic rings. The molecule has 0 atom stereocenters. The van der Waals surface area contributed by atoms with E-state index in [0.29, 0.717) is 5.13 Å². The highest BCUT2D eigenvalue weighted by atomic mass is 32.1. The van der Waals surface area contributed by atoms with Crippen molar-refractivity contribution in [3.63, 3.8) is 0 Å². The number of nitrogen functional groups attached to an aromatic ring is 1. The van der Waals surface area contributed by atoms with Crippen LogP contribution in [0.3, 0.4) is 0 Å². The van der Waals surface area contributed by atoms with Crippen LogP contribution < -0.4 is 10.6 Å². The Morgan fingerprint density at radius 1 is 1.32 bits per heavy atom. The number of nitrogens with two attached hydrogens (primary N) is 1. The van der Waals surface area contributed by atoms with Gasteiger partial charge in [0.1, 0.15) is 0 Å². The minimum Gasteiger partial charge on any atom is -0.378 e. The monoisotopic (exact) mass is 275 g/mol. The van der Waals surface area contributed by atoms with E-state index in [-0.39, 0.29) is 0 Å². The normalized spacial score (nSPS) is 15.7. The molecule has 1 aliphatic rings. The predicted octanol–water partition coefficient (Wildman–Crippen LogP) is 2.54. The summed E-state index contributed by atoms with van der Waals surface area (Å²) in [4.78, 5) is 6.70. The lowest BCUT2D eigenvalue weighted by molar-refractivity contribution is 0.122. The standard InChI is InChI=1S/C14H17N3OS/c1-10-8-11(12-9-19-14(15)16-12)2-3-13(10)17-4-6-18-7-5-17/h2-3,8-9H,4-7H2,1H3,(H2,15,16). The first kappa shape index (κ1) is 12.4. The SMILES string of the molecule is Cc1cc(-c2csc(N)n2)ccc1N1CCOCC1. The minimum absolute atomic E-state index is 0.616. The Balaban J connectivity index is 1.89. The first-order chi connectivity index (χ1) is 9.24. The van der Waals surface area contributed by atoms with Crippen molar-refractivity contribution in [1.29, 1.82) is 0 Å². The summed E-state index contributed by atoms with van der Waals surface area (Å²) in [5, 5.41) is 2.61. The third-order valence-electron chi connectivity index (χ3n) is 3.37. The Bertz CT molecular complexity index is 576. The third-order valence-corrected chi connectivity index (χ3v) is 4.04. The topological polar surface area (TPSA) is 51.4 Å². The van der Waals surface area contributed by atoms with E-state index >= 15 is 0 Å². The third kappa shape index (κ3) is 2.57. The smallest absolute Gasteiger partial charge is 0.180 e. The minimum atomic E-state index is 0.616. The highest BCUT2D eigenvalue weighted by molar-refractivity contribution is 7.13. The molecule has 4 nitrogen and oxygen atoms in total. The van der Waals surface area contributed by atoms with Crippen molar-refractivity contribution < 1.29 is 4.74 Å². The molecule has 0 saturated carbocycles. The lowest BCUT2D eigenvalue weighted by Crippen LogP contribution is -2.36. The van der Waals surface area contributed by atoms with Crippen LogP contribution in [-0.4, -0.2) is 31.3 Å². The average molecular weight is 275 g/mol. The Kier molecular flexibility index (Phi) is 3.40. The molecule has 0 bridgehead atoms.